The van der Waals surface area contributed by atoms with Crippen LogP contribution in [0.2, 0.25) is 0 Å². The first kappa shape index (κ1) is 14.1. The van der Waals surface area contributed by atoms with E-state index in [0.29, 0.717) is 6.61 Å². The Morgan fingerprint density at radius 3 is 2.41 bits per heavy atom. The van der Waals surface area contributed by atoms with Gasteiger partial charge in [-0.2, -0.15) is 0 Å². The molecule has 5 nitrogen and oxygen atoms in total. The second-order valence-electron chi connectivity index (χ2n) is 3.82. The number of nitrogens with two attached hydrogens (primary N) is 1. The molecule has 0 unspecified atom stereocenters. The second kappa shape index (κ2) is 6.11. The lowest BCUT2D eigenvalue weighted by atomic mass is 10.2. The molecule has 0 amide bonds. The van der Waals surface area contributed by atoms with Crippen LogP contribution >= 0.6 is 0 Å². The lowest BCUT2D eigenvalue weighted by molar-refractivity contribution is 0.0329. The standard InChI is InChI=1S/C11H17NO4S/c1-17(14,15)11-4-2-9(3-5-11)7-16-8-10(13)6-12/h2-5,10,13H,6-8,12H2,1H3/t10-/m1/s1. The van der Waals surface area contributed by atoms with Crippen LogP contribution in [0, 0.1) is 0 Å². The van der Waals surface area contributed by atoms with Crippen molar-refractivity contribution in [1.82, 2.24) is 0 Å². The van der Waals surface area contributed by atoms with Gasteiger partial charge >= 0.3 is 0 Å². The van der Waals surface area contributed by atoms with Gasteiger partial charge < -0.3 is 15.6 Å². The molecule has 0 radical (unpaired) electrons. The van der Waals surface area contributed by atoms with Crippen molar-refractivity contribution >= 4 is 9.84 Å². The van der Waals surface area contributed by atoms with Gasteiger partial charge in [-0.25, -0.2) is 8.42 Å². The minimum Gasteiger partial charge on any atom is -0.389 e. The molecule has 0 aliphatic heterocycles. The molecule has 0 aliphatic rings. The normalized spacial score (nSPS) is 13.6. The maximum atomic E-state index is 11.2. The molecule has 0 spiro atoms. The van der Waals surface area contributed by atoms with Crippen LogP contribution in [0.1, 0.15) is 5.56 Å². The monoisotopic (exact) mass is 259 g/mol. The fraction of sp³-hybridized carbons (Fsp3) is 0.455. The summed E-state index contributed by atoms with van der Waals surface area (Å²) < 4.78 is 27.6. The van der Waals surface area contributed by atoms with Gasteiger partial charge in [0, 0.05) is 12.8 Å². The van der Waals surface area contributed by atoms with Crippen LogP contribution < -0.4 is 5.73 Å². The molecule has 0 heterocycles. The maximum absolute atomic E-state index is 11.2. The van der Waals surface area contributed by atoms with Crippen LogP contribution in [0.5, 0.6) is 0 Å². The molecule has 0 aromatic heterocycles. The molecule has 17 heavy (non-hydrogen) atoms. The highest BCUT2D eigenvalue weighted by Crippen LogP contribution is 2.11. The van der Waals surface area contributed by atoms with Crippen LogP contribution in [0.3, 0.4) is 0 Å². The highest BCUT2D eigenvalue weighted by molar-refractivity contribution is 7.90. The Hall–Kier alpha value is -0.950. The van der Waals surface area contributed by atoms with Gasteiger partial charge in [-0.05, 0) is 17.7 Å². The average Bonchev–Trinajstić information content (AvgIpc) is 2.28. The van der Waals surface area contributed by atoms with Crippen LogP contribution in [-0.2, 0) is 21.2 Å². The molecule has 1 atom stereocenters. The van der Waals surface area contributed by atoms with Gasteiger partial charge in [0.15, 0.2) is 9.84 Å². The van der Waals surface area contributed by atoms with Gasteiger partial charge in [0.05, 0.1) is 24.2 Å². The topological polar surface area (TPSA) is 89.6 Å². The third kappa shape index (κ3) is 4.82. The summed E-state index contributed by atoms with van der Waals surface area (Å²) in [5, 5.41) is 9.16. The van der Waals surface area contributed by atoms with Crippen LogP contribution in [-0.4, -0.2) is 39.0 Å². The molecular weight excluding hydrogens is 242 g/mol. The van der Waals surface area contributed by atoms with Gasteiger partial charge in [0.1, 0.15) is 0 Å². The average molecular weight is 259 g/mol. The van der Waals surface area contributed by atoms with Crippen molar-refractivity contribution in [2.75, 3.05) is 19.4 Å². The summed E-state index contributed by atoms with van der Waals surface area (Å²) in [5.74, 6) is 0. The van der Waals surface area contributed by atoms with Gasteiger partial charge in [-0.3, -0.25) is 0 Å². The van der Waals surface area contributed by atoms with Crippen molar-refractivity contribution in [3.8, 4) is 0 Å². The SMILES string of the molecule is CS(=O)(=O)c1ccc(COC[C@H](O)CN)cc1. The van der Waals surface area contributed by atoms with E-state index in [1.54, 1.807) is 12.1 Å². The minimum absolute atomic E-state index is 0.160. The molecule has 1 aromatic carbocycles. The largest absolute Gasteiger partial charge is 0.389 e. The molecular formula is C11H17NO4S. The van der Waals surface area contributed by atoms with Gasteiger partial charge in [-0.15, -0.1) is 0 Å². The lowest BCUT2D eigenvalue weighted by Crippen LogP contribution is -2.24. The van der Waals surface area contributed by atoms with E-state index in [9.17, 15) is 8.42 Å². The second-order valence-corrected chi connectivity index (χ2v) is 5.84. The summed E-state index contributed by atoms with van der Waals surface area (Å²) in [7, 11) is -3.15. The van der Waals surface area contributed by atoms with Crippen LogP contribution in [0.4, 0.5) is 0 Å². The van der Waals surface area contributed by atoms with Crippen LogP contribution in [0.15, 0.2) is 29.2 Å². The Morgan fingerprint density at radius 1 is 1.35 bits per heavy atom. The summed E-state index contributed by atoms with van der Waals surface area (Å²) >= 11 is 0. The van der Waals surface area contributed by atoms with E-state index < -0.39 is 15.9 Å². The summed E-state index contributed by atoms with van der Waals surface area (Å²) in [6, 6.07) is 6.44. The summed E-state index contributed by atoms with van der Waals surface area (Å²) in [6.07, 6.45) is 0.501. The zero-order valence-corrected chi connectivity index (χ0v) is 10.5. The van der Waals surface area contributed by atoms with E-state index in [2.05, 4.69) is 0 Å². The Kier molecular flexibility index (Phi) is 5.07. The number of benzene rings is 1. The summed E-state index contributed by atoms with van der Waals surface area (Å²) in [6.45, 7) is 0.651. The molecule has 0 bridgehead atoms. The third-order valence-electron chi connectivity index (χ3n) is 2.20. The van der Waals surface area contributed by atoms with Gasteiger partial charge in [0.25, 0.3) is 0 Å². The van der Waals surface area contributed by atoms with E-state index in [4.69, 9.17) is 15.6 Å². The Morgan fingerprint density at radius 2 is 1.94 bits per heavy atom. The number of aliphatic hydroxyl groups excluding tert-OH is 1. The molecule has 0 aliphatic carbocycles. The molecule has 0 saturated heterocycles. The highest BCUT2D eigenvalue weighted by Gasteiger charge is 2.06. The third-order valence-corrected chi connectivity index (χ3v) is 3.33. The number of sulfone groups is 1. The quantitative estimate of drug-likeness (QED) is 0.746. The molecule has 1 aromatic rings. The fourth-order valence-corrected chi connectivity index (χ4v) is 1.84. The van der Waals surface area contributed by atoms with Gasteiger partial charge in [0.2, 0.25) is 0 Å². The summed E-state index contributed by atoms with van der Waals surface area (Å²) in [5.41, 5.74) is 6.07. The highest BCUT2D eigenvalue weighted by atomic mass is 32.2. The molecule has 6 heteroatoms. The van der Waals surface area contributed by atoms with Crippen molar-refractivity contribution in [1.29, 1.82) is 0 Å². The molecule has 0 fully saturated rings. The van der Waals surface area contributed by atoms with Crippen LogP contribution in [0.25, 0.3) is 0 Å². The van der Waals surface area contributed by atoms with Crippen molar-refractivity contribution in [3.05, 3.63) is 29.8 Å². The maximum Gasteiger partial charge on any atom is 0.175 e. The van der Waals surface area contributed by atoms with E-state index in [0.717, 1.165) is 11.8 Å². The minimum atomic E-state index is -3.15. The number of ether oxygens (including phenoxy) is 1. The Labute approximate surface area is 101 Å². The van der Waals surface area contributed by atoms with E-state index in [1.165, 1.54) is 12.1 Å². The predicted octanol–water partition coefficient (Wildman–Crippen LogP) is -0.0737. The van der Waals surface area contributed by atoms with Crippen molar-refractivity contribution in [3.63, 3.8) is 0 Å². The molecule has 0 saturated carbocycles. The lowest BCUT2D eigenvalue weighted by Gasteiger charge is -2.08. The number of hydrogen-bond acceptors (Lipinski definition) is 5. The first-order valence-corrected chi connectivity index (χ1v) is 7.07. The number of hydrogen-bond donors (Lipinski definition) is 2. The van der Waals surface area contributed by atoms with E-state index >= 15 is 0 Å². The molecule has 3 N–H and O–H groups in total. The zero-order valence-electron chi connectivity index (χ0n) is 9.67. The Bertz CT molecular complexity index is 441. The van der Waals surface area contributed by atoms with Crippen molar-refractivity contribution in [2.45, 2.75) is 17.6 Å². The predicted molar refractivity (Wildman–Crippen MR) is 64.3 cm³/mol. The van der Waals surface area contributed by atoms with E-state index in [1.807, 2.05) is 0 Å². The van der Waals surface area contributed by atoms with Crippen molar-refractivity contribution < 1.29 is 18.3 Å². The van der Waals surface area contributed by atoms with E-state index in [-0.39, 0.29) is 18.0 Å². The first-order chi connectivity index (χ1) is 7.93. The molecule has 1 rings (SSSR count). The number of rotatable bonds is 6. The summed E-state index contributed by atoms with van der Waals surface area (Å²) in [4.78, 5) is 0.281. The first-order valence-electron chi connectivity index (χ1n) is 5.18. The Balaban J connectivity index is 2.52. The molecule has 96 valence electrons. The zero-order chi connectivity index (χ0) is 12.9. The van der Waals surface area contributed by atoms with Gasteiger partial charge in [-0.1, -0.05) is 12.1 Å². The van der Waals surface area contributed by atoms with Crippen molar-refractivity contribution in [2.24, 2.45) is 5.73 Å². The fourth-order valence-electron chi connectivity index (χ4n) is 1.21. The smallest absolute Gasteiger partial charge is 0.175 e. The number of aliphatic hydroxyl groups is 1.